The number of hydrogen-bond donors (Lipinski definition) is 2. The molecule has 2 N–H and O–H groups in total. The maximum atomic E-state index is 12.3. The summed E-state index contributed by atoms with van der Waals surface area (Å²) in [7, 11) is 0. The number of benzene rings is 2. The van der Waals surface area contributed by atoms with Gasteiger partial charge in [0, 0.05) is 18.8 Å². The molecule has 0 radical (unpaired) electrons. The van der Waals surface area contributed by atoms with Crippen LogP contribution >= 0.6 is 0 Å². The molecule has 0 bridgehead atoms. The number of aromatic nitrogens is 2. The smallest absolute Gasteiger partial charge is 0.262 e. The van der Waals surface area contributed by atoms with E-state index in [1.165, 1.54) is 0 Å². The molecule has 1 aliphatic rings. The minimum absolute atomic E-state index is 0.0328. The van der Waals surface area contributed by atoms with E-state index in [-0.39, 0.29) is 12.5 Å². The first kappa shape index (κ1) is 19.4. The number of H-pyrrole nitrogens is 1. The van der Waals surface area contributed by atoms with Crippen LogP contribution in [-0.4, -0.2) is 53.7 Å². The summed E-state index contributed by atoms with van der Waals surface area (Å²) in [5.41, 5.74) is 4.54. The van der Waals surface area contributed by atoms with Gasteiger partial charge in [-0.1, -0.05) is 18.2 Å². The second-order valence-corrected chi connectivity index (χ2v) is 7.36. The number of rotatable bonds is 6. The number of anilines is 1. The molecule has 7 nitrogen and oxygen atoms in total. The lowest BCUT2D eigenvalue weighted by atomic mass is 10.1. The monoisotopic (exact) mass is 394 g/mol. The number of fused-ring (bicyclic) bond motifs is 1. The fraction of sp³-hybridized carbons (Fsp3) is 0.364. The molecule has 1 saturated heterocycles. The summed E-state index contributed by atoms with van der Waals surface area (Å²) in [6, 6.07) is 11.6. The van der Waals surface area contributed by atoms with Crippen molar-refractivity contribution in [3.05, 3.63) is 53.3 Å². The van der Waals surface area contributed by atoms with Gasteiger partial charge in [0.15, 0.2) is 6.61 Å². The molecule has 1 fully saturated rings. The normalized spacial score (nSPS) is 14.8. The van der Waals surface area contributed by atoms with Gasteiger partial charge in [0.1, 0.15) is 11.6 Å². The van der Waals surface area contributed by atoms with Crippen LogP contribution in [0, 0.1) is 13.8 Å². The molecule has 2 aromatic carbocycles. The quantitative estimate of drug-likeness (QED) is 0.672. The van der Waals surface area contributed by atoms with Crippen molar-refractivity contribution >= 4 is 22.6 Å². The third-order valence-electron chi connectivity index (χ3n) is 5.05. The Hall–Kier alpha value is -2.90. The van der Waals surface area contributed by atoms with E-state index >= 15 is 0 Å². The average Bonchev–Trinajstić information content (AvgIpc) is 3.10. The minimum atomic E-state index is -0.194. The number of imidazole rings is 1. The largest absolute Gasteiger partial charge is 0.483 e. The Morgan fingerprint density at radius 3 is 2.72 bits per heavy atom. The van der Waals surface area contributed by atoms with E-state index in [1.54, 1.807) is 0 Å². The van der Waals surface area contributed by atoms with Gasteiger partial charge in [-0.05, 0) is 43.2 Å². The zero-order valence-electron chi connectivity index (χ0n) is 16.8. The fourth-order valence-corrected chi connectivity index (χ4v) is 3.55. The van der Waals surface area contributed by atoms with Gasteiger partial charge in [0.05, 0.1) is 30.8 Å². The lowest BCUT2D eigenvalue weighted by Crippen LogP contribution is -2.35. The van der Waals surface area contributed by atoms with E-state index in [1.807, 2.05) is 50.2 Å². The number of morpholine rings is 1. The van der Waals surface area contributed by atoms with Gasteiger partial charge in [-0.3, -0.25) is 9.69 Å². The van der Waals surface area contributed by atoms with Crippen LogP contribution in [0.5, 0.6) is 5.75 Å². The van der Waals surface area contributed by atoms with E-state index in [4.69, 9.17) is 9.47 Å². The summed E-state index contributed by atoms with van der Waals surface area (Å²) in [5, 5.41) is 2.90. The highest BCUT2D eigenvalue weighted by Crippen LogP contribution is 2.22. The van der Waals surface area contributed by atoms with Crippen molar-refractivity contribution in [3.8, 4) is 5.75 Å². The van der Waals surface area contributed by atoms with E-state index < -0.39 is 0 Å². The number of hydrogen-bond acceptors (Lipinski definition) is 5. The third-order valence-corrected chi connectivity index (χ3v) is 5.05. The number of ether oxygens (including phenoxy) is 2. The maximum absolute atomic E-state index is 12.3. The van der Waals surface area contributed by atoms with Gasteiger partial charge in [-0.15, -0.1) is 0 Å². The number of amides is 1. The summed E-state index contributed by atoms with van der Waals surface area (Å²) >= 11 is 0. The van der Waals surface area contributed by atoms with Crippen LogP contribution in [-0.2, 0) is 16.1 Å². The van der Waals surface area contributed by atoms with E-state index in [0.717, 1.165) is 66.6 Å². The number of para-hydroxylation sites is 1. The Balaban J connectivity index is 1.38. The zero-order chi connectivity index (χ0) is 20.2. The highest BCUT2D eigenvalue weighted by Gasteiger charge is 2.14. The lowest BCUT2D eigenvalue weighted by molar-refractivity contribution is -0.118. The zero-order valence-corrected chi connectivity index (χ0v) is 16.8. The predicted molar refractivity (Wildman–Crippen MR) is 112 cm³/mol. The molecular formula is C22H26N4O3. The Morgan fingerprint density at radius 2 is 1.97 bits per heavy atom. The first-order chi connectivity index (χ1) is 14.1. The molecule has 1 amide bonds. The van der Waals surface area contributed by atoms with Crippen LogP contribution in [0.4, 0.5) is 5.69 Å². The minimum Gasteiger partial charge on any atom is -0.483 e. The Morgan fingerprint density at radius 1 is 1.21 bits per heavy atom. The van der Waals surface area contributed by atoms with Crippen molar-refractivity contribution in [2.75, 3.05) is 38.2 Å². The van der Waals surface area contributed by atoms with Gasteiger partial charge in [0.2, 0.25) is 0 Å². The maximum Gasteiger partial charge on any atom is 0.262 e. The van der Waals surface area contributed by atoms with Crippen molar-refractivity contribution < 1.29 is 14.3 Å². The summed E-state index contributed by atoms with van der Waals surface area (Å²) in [4.78, 5) is 22.6. The highest BCUT2D eigenvalue weighted by atomic mass is 16.5. The van der Waals surface area contributed by atoms with Gasteiger partial charge >= 0.3 is 0 Å². The van der Waals surface area contributed by atoms with Gasteiger partial charge in [-0.2, -0.15) is 0 Å². The van der Waals surface area contributed by atoms with Crippen LogP contribution in [0.3, 0.4) is 0 Å². The standard InChI is InChI=1S/C22H26N4O3/c1-15-4-3-5-16(2)22(15)29-14-21(27)23-17-6-7-18-19(12-17)25-20(24-18)13-26-8-10-28-11-9-26/h3-7,12H,8-11,13-14H2,1-2H3,(H,23,27)(H,24,25). The summed E-state index contributed by atoms with van der Waals surface area (Å²) < 4.78 is 11.1. The molecule has 152 valence electrons. The Bertz CT molecular complexity index is 988. The number of carbonyl (C=O) groups is 1. The number of aryl methyl sites for hydroxylation is 2. The Labute approximate surface area is 170 Å². The van der Waals surface area contributed by atoms with Crippen molar-refractivity contribution in [3.63, 3.8) is 0 Å². The summed E-state index contributed by atoms with van der Waals surface area (Å²) in [5.74, 6) is 1.49. The summed E-state index contributed by atoms with van der Waals surface area (Å²) in [6.07, 6.45) is 0. The van der Waals surface area contributed by atoms with Crippen molar-refractivity contribution in [2.24, 2.45) is 0 Å². The van der Waals surface area contributed by atoms with Gasteiger partial charge in [-0.25, -0.2) is 4.98 Å². The molecule has 0 saturated carbocycles. The van der Waals surface area contributed by atoms with Crippen LogP contribution in [0.25, 0.3) is 11.0 Å². The molecule has 29 heavy (non-hydrogen) atoms. The summed E-state index contributed by atoms with van der Waals surface area (Å²) in [6.45, 7) is 8.04. The fourth-order valence-electron chi connectivity index (χ4n) is 3.55. The van der Waals surface area contributed by atoms with Crippen LogP contribution in [0.1, 0.15) is 17.0 Å². The predicted octanol–water partition coefficient (Wildman–Crippen LogP) is 3.03. The molecule has 4 rings (SSSR count). The molecule has 1 aliphatic heterocycles. The van der Waals surface area contributed by atoms with Crippen molar-refractivity contribution in [1.82, 2.24) is 14.9 Å². The van der Waals surface area contributed by atoms with Crippen molar-refractivity contribution in [2.45, 2.75) is 20.4 Å². The first-order valence-electron chi connectivity index (χ1n) is 9.86. The molecule has 7 heteroatoms. The molecule has 0 atom stereocenters. The second-order valence-electron chi connectivity index (χ2n) is 7.36. The molecule has 3 aromatic rings. The van der Waals surface area contributed by atoms with Gasteiger partial charge in [0.25, 0.3) is 5.91 Å². The number of aromatic amines is 1. The van der Waals surface area contributed by atoms with Gasteiger partial charge < -0.3 is 19.8 Å². The van der Waals surface area contributed by atoms with E-state index in [0.29, 0.717) is 5.69 Å². The Kier molecular flexibility index (Phi) is 5.78. The second kappa shape index (κ2) is 8.63. The molecule has 2 heterocycles. The molecule has 0 spiro atoms. The molecule has 0 aliphatic carbocycles. The molecular weight excluding hydrogens is 368 g/mol. The highest BCUT2D eigenvalue weighted by molar-refractivity contribution is 5.94. The van der Waals surface area contributed by atoms with Crippen molar-refractivity contribution in [1.29, 1.82) is 0 Å². The topological polar surface area (TPSA) is 79.5 Å². The first-order valence-corrected chi connectivity index (χ1v) is 9.86. The van der Waals surface area contributed by atoms with E-state index in [2.05, 4.69) is 20.2 Å². The van der Waals surface area contributed by atoms with E-state index in [9.17, 15) is 4.79 Å². The number of nitrogens with zero attached hydrogens (tertiary/aromatic N) is 2. The number of nitrogens with one attached hydrogen (secondary N) is 2. The molecule has 0 unspecified atom stereocenters. The molecule has 1 aromatic heterocycles. The number of carbonyl (C=O) groups excluding carboxylic acids is 1. The average molecular weight is 394 g/mol. The lowest BCUT2D eigenvalue weighted by Gasteiger charge is -2.25. The SMILES string of the molecule is Cc1cccc(C)c1OCC(=O)Nc1ccc2nc(CN3CCOCC3)[nH]c2c1. The third kappa shape index (κ3) is 4.75. The van der Waals surface area contributed by atoms with Crippen LogP contribution < -0.4 is 10.1 Å². The van der Waals surface area contributed by atoms with Crippen LogP contribution in [0.15, 0.2) is 36.4 Å². The van der Waals surface area contributed by atoms with Crippen LogP contribution in [0.2, 0.25) is 0 Å².